The summed E-state index contributed by atoms with van der Waals surface area (Å²) in [5, 5.41) is 5.67. The molecule has 1 aromatic heterocycles. The van der Waals surface area contributed by atoms with Crippen molar-refractivity contribution in [2.24, 2.45) is 0 Å². The van der Waals surface area contributed by atoms with Gasteiger partial charge in [-0.2, -0.15) is 0 Å². The van der Waals surface area contributed by atoms with Gasteiger partial charge in [-0.3, -0.25) is 9.59 Å². The smallest absolute Gasteiger partial charge is 0.273 e. The Balaban J connectivity index is 1.65. The molecule has 1 heterocycles. The predicted molar refractivity (Wildman–Crippen MR) is 121 cm³/mol. The van der Waals surface area contributed by atoms with Crippen molar-refractivity contribution >= 4 is 40.4 Å². The fraction of sp³-hybridized carbons (Fsp3) is 0.227. The number of nitrogens with one attached hydrogen (secondary N) is 1. The molecule has 8 heteroatoms. The second-order valence-electron chi connectivity index (χ2n) is 6.64. The molecule has 6 nitrogen and oxygen atoms in total. The van der Waals surface area contributed by atoms with E-state index in [2.05, 4.69) is 29.4 Å². The highest BCUT2D eigenvalue weighted by molar-refractivity contribution is 7.13. The van der Waals surface area contributed by atoms with Crippen LogP contribution in [-0.2, 0) is 11.2 Å². The molecule has 0 atom stereocenters. The number of carbonyl (C=O) groups is 2. The van der Waals surface area contributed by atoms with Gasteiger partial charge in [0.1, 0.15) is 16.5 Å². The summed E-state index contributed by atoms with van der Waals surface area (Å²) in [7, 11) is 3.07. The van der Waals surface area contributed by atoms with Crippen LogP contribution in [0.1, 0.15) is 23.0 Å². The number of halogens is 1. The number of aromatic nitrogens is 1. The minimum atomic E-state index is -0.364. The zero-order valence-corrected chi connectivity index (χ0v) is 18.5. The Morgan fingerprint density at radius 2 is 1.93 bits per heavy atom. The van der Waals surface area contributed by atoms with E-state index < -0.39 is 0 Å². The molecule has 1 N–H and O–H groups in total. The first-order valence-electron chi connectivity index (χ1n) is 9.35. The largest absolute Gasteiger partial charge is 0.495 e. The third kappa shape index (κ3) is 5.17. The van der Waals surface area contributed by atoms with E-state index in [0.29, 0.717) is 22.2 Å². The lowest BCUT2D eigenvalue weighted by Crippen LogP contribution is -2.35. The van der Waals surface area contributed by atoms with Gasteiger partial charge in [0.15, 0.2) is 0 Å². The molecule has 2 amide bonds. The molecule has 0 saturated heterocycles. The van der Waals surface area contributed by atoms with Crippen LogP contribution in [0.25, 0.3) is 10.6 Å². The molecule has 0 aliphatic rings. The van der Waals surface area contributed by atoms with Gasteiger partial charge >= 0.3 is 0 Å². The van der Waals surface area contributed by atoms with Crippen molar-refractivity contribution in [1.82, 2.24) is 9.88 Å². The van der Waals surface area contributed by atoms with E-state index in [1.165, 1.54) is 28.9 Å². The van der Waals surface area contributed by atoms with Crippen LogP contribution in [0.2, 0.25) is 5.02 Å². The molecule has 3 aromatic rings. The van der Waals surface area contributed by atoms with Gasteiger partial charge in [-0.05, 0) is 30.2 Å². The highest BCUT2D eigenvalue weighted by Gasteiger charge is 2.19. The maximum absolute atomic E-state index is 12.7. The highest BCUT2D eigenvalue weighted by atomic mass is 35.5. The number of hydrogen-bond donors (Lipinski definition) is 1. The molecule has 0 bridgehead atoms. The molecular weight excluding hydrogens is 422 g/mol. The van der Waals surface area contributed by atoms with E-state index >= 15 is 0 Å². The number of benzene rings is 2. The molecule has 156 valence electrons. The van der Waals surface area contributed by atoms with Crippen molar-refractivity contribution in [1.29, 1.82) is 0 Å². The quantitative estimate of drug-likeness (QED) is 0.572. The van der Waals surface area contributed by atoms with Crippen LogP contribution in [0.4, 0.5) is 5.69 Å². The molecule has 2 aromatic carbocycles. The van der Waals surface area contributed by atoms with Crippen molar-refractivity contribution < 1.29 is 14.3 Å². The topological polar surface area (TPSA) is 71.5 Å². The molecule has 0 aliphatic heterocycles. The first-order valence-corrected chi connectivity index (χ1v) is 10.6. The fourth-order valence-corrected chi connectivity index (χ4v) is 3.81. The van der Waals surface area contributed by atoms with Gasteiger partial charge in [0.2, 0.25) is 5.91 Å². The van der Waals surface area contributed by atoms with Gasteiger partial charge in [0.25, 0.3) is 5.91 Å². The van der Waals surface area contributed by atoms with Crippen molar-refractivity contribution in [2.45, 2.75) is 13.3 Å². The van der Waals surface area contributed by atoms with Gasteiger partial charge in [-0.1, -0.05) is 42.8 Å². The molecule has 0 radical (unpaired) electrons. The normalized spacial score (nSPS) is 10.5. The first kappa shape index (κ1) is 21.8. The van der Waals surface area contributed by atoms with Gasteiger partial charge < -0.3 is 15.0 Å². The van der Waals surface area contributed by atoms with E-state index in [1.54, 1.807) is 30.6 Å². The molecule has 3 rings (SSSR count). The standard InChI is InChI=1S/C22H22ClN3O3S/c1-4-14-5-7-15(8-6-14)21-25-18(13-30-21)22(28)26(2)12-20(27)24-17-11-16(23)9-10-19(17)29-3/h5-11,13H,4,12H2,1-3H3,(H,24,27). The first-order chi connectivity index (χ1) is 14.4. The minimum absolute atomic E-state index is 0.132. The summed E-state index contributed by atoms with van der Waals surface area (Å²) in [5.74, 6) is -0.201. The molecule has 0 saturated carbocycles. The minimum Gasteiger partial charge on any atom is -0.495 e. The van der Waals surface area contributed by atoms with Gasteiger partial charge in [-0.25, -0.2) is 4.98 Å². The SMILES string of the molecule is CCc1ccc(-c2nc(C(=O)N(C)CC(=O)Nc3cc(Cl)ccc3OC)cs2)cc1. The van der Waals surface area contributed by atoms with Gasteiger partial charge in [0, 0.05) is 23.0 Å². The number of likely N-dealkylation sites (N-methyl/N-ethyl adjacent to an activating group) is 1. The fourth-order valence-electron chi connectivity index (χ4n) is 2.84. The lowest BCUT2D eigenvalue weighted by atomic mass is 10.1. The third-order valence-electron chi connectivity index (χ3n) is 4.50. The lowest BCUT2D eigenvalue weighted by molar-refractivity contribution is -0.116. The average Bonchev–Trinajstić information content (AvgIpc) is 3.23. The van der Waals surface area contributed by atoms with Crippen molar-refractivity contribution in [3.05, 3.63) is 64.1 Å². The number of methoxy groups -OCH3 is 1. The maximum Gasteiger partial charge on any atom is 0.273 e. The van der Waals surface area contributed by atoms with Gasteiger partial charge in [0.05, 0.1) is 19.3 Å². The number of amides is 2. The second kappa shape index (κ2) is 9.73. The van der Waals surface area contributed by atoms with Crippen LogP contribution < -0.4 is 10.1 Å². The molecule has 0 unspecified atom stereocenters. The van der Waals surface area contributed by atoms with Crippen molar-refractivity contribution in [3.8, 4) is 16.3 Å². The van der Waals surface area contributed by atoms with Crippen molar-refractivity contribution in [2.75, 3.05) is 26.0 Å². The molecule has 0 fully saturated rings. The van der Waals surface area contributed by atoms with E-state index in [-0.39, 0.29) is 18.4 Å². The number of thiazole rings is 1. The van der Waals surface area contributed by atoms with Crippen LogP contribution in [-0.4, -0.2) is 42.4 Å². The Hall–Kier alpha value is -2.90. The molecule has 0 aliphatic carbocycles. The molecular formula is C22H22ClN3O3S. The van der Waals surface area contributed by atoms with Crippen LogP contribution in [0.3, 0.4) is 0 Å². The highest BCUT2D eigenvalue weighted by Crippen LogP contribution is 2.28. The van der Waals surface area contributed by atoms with E-state index in [4.69, 9.17) is 16.3 Å². The summed E-state index contributed by atoms with van der Waals surface area (Å²) in [6.45, 7) is 1.97. The molecule has 0 spiro atoms. The Morgan fingerprint density at radius 3 is 2.60 bits per heavy atom. The predicted octanol–water partition coefficient (Wildman–Crippen LogP) is 4.75. The third-order valence-corrected chi connectivity index (χ3v) is 5.62. The van der Waals surface area contributed by atoms with Crippen molar-refractivity contribution in [3.63, 3.8) is 0 Å². The van der Waals surface area contributed by atoms with E-state index in [9.17, 15) is 9.59 Å². The number of rotatable bonds is 7. The van der Waals surface area contributed by atoms with Crippen LogP contribution in [0.15, 0.2) is 47.8 Å². The van der Waals surface area contributed by atoms with Crippen LogP contribution in [0, 0.1) is 0 Å². The van der Waals surface area contributed by atoms with E-state index in [1.807, 2.05) is 12.1 Å². The van der Waals surface area contributed by atoms with Gasteiger partial charge in [-0.15, -0.1) is 11.3 Å². The summed E-state index contributed by atoms with van der Waals surface area (Å²) in [5.41, 5.74) is 2.96. The number of aryl methyl sites for hydroxylation is 1. The number of nitrogens with zero attached hydrogens (tertiary/aromatic N) is 2. The summed E-state index contributed by atoms with van der Waals surface area (Å²) in [4.78, 5) is 30.9. The monoisotopic (exact) mass is 443 g/mol. The molecule has 30 heavy (non-hydrogen) atoms. The Morgan fingerprint density at radius 1 is 1.20 bits per heavy atom. The van der Waals surface area contributed by atoms with Crippen LogP contribution in [0.5, 0.6) is 5.75 Å². The summed E-state index contributed by atoms with van der Waals surface area (Å²) >= 11 is 7.38. The zero-order valence-electron chi connectivity index (χ0n) is 16.9. The maximum atomic E-state index is 12.7. The zero-order chi connectivity index (χ0) is 21.7. The second-order valence-corrected chi connectivity index (χ2v) is 7.94. The number of anilines is 1. The summed E-state index contributed by atoms with van der Waals surface area (Å²) in [6.07, 6.45) is 0.968. The summed E-state index contributed by atoms with van der Waals surface area (Å²) in [6, 6.07) is 13.0. The summed E-state index contributed by atoms with van der Waals surface area (Å²) < 4.78 is 5.22. The number of carbonyl (C=O) groups excluding carboxylic acids is 2. The van der Waals surface area contributed by atoms with E-state index in [0.717, 1.165) is 17.0 Å². The number of hydrogen-bond acceptors (Lipinski definition) is 5. The average molecular weight is 444 g/mol. The van der Waals surface area contributed by atoms with Crippen LogP contribution >= 0.6 is 22.9 Å². The Bertz CT molecular complexity index is 1050. The lowest BCUT2D eigenvalue weighted by Gasteiger charge is -2.16. The Labute approximate surface area is 184 Å². The number of ether oxygens (including phenoxy) is 1. The Kier molecular flexibility index (Phi) is 7.07.